The number of nitrogens with one attached hydrogen (secondary N) is 2. The minimum Gasteiger partial charge on any atom is -0.393 e. The minimum absolute atomic E-state index is 0.122. The van der Waals surface area contributed by atoms with Crippen LogP contribution in [0.2, 0.25) is 0 Å². The van der Waals surface area contributed by atoms with Crippen LogP contribution in [0.15, 0.2) is 23.1 Å². The largest absolute Gasteiger partial charge is 0.393 e. The first-order valence-electron chi connectivity index (χ1n) is 12.3. The van der Waals surface area contributed by atoms with Crippen molar-refractivity contribution in [1.82, 2.24) is 9.71 Å². The summed E-state index contributed by atoms with van der Waals surface area (Å²) in [5, 5.41) is 14.2. The molecular formula is C25H37N3O3S2. The number of hydrogen-bond acceptors (Lipinski definition) is 6. The second-order valence-electron chi connectivity index (χ2n) is 9.87. The van der Waals surface area contributed by atoms with Gasteiger partial charge in [-0.2, -0.15) is 0 Å². The summed E-state index contributed by atoms with van der Waals surface area (Å²) in [6, 6.07) is 5.91. The lowest BCUT2D eigenvalue weighted by Gasteiger charge is -2.28. The van der Waals surface area contributed by atoms with Crippen molar-refractivity contribution in [3.05, 3.63) is 29.5 Å². The van der Waals surface area contributed by atoms with Crippen molar-refractivity contribution in [2.24, 2.45) is 5.92 Å². The quantitative estimate of drug-likeness (QED) is 0.483. The number of benzene rings is 1. The normalized spacial score (nSPS) is 23.4. The predicted octanol–water partition coefficient (Wildman–Crippen LogP) is 5.39. The average molecular weight is 492 g/mol. The summed E-state index contributed by atoms with van der Waals surface area (Å²) in [5.41, 5.74) is 2.53. The van der Waals surface area contributed by atoms with E-state index in [1.54, 1.807) is 17.4 Å². The van der Waals surface area contributed by atoms with E-state index in [2.05, 4.69) is 17.0 Å². The summed E-state index contributed by atoms with van der Waals surface area (Å²) < 4.78 is 29.3. The fraction of sp³-hybridized carbons (Fsp3) is 0.640. The molecule has 0 aliphatic heterocycles. The first-order valence-corrected chi connectivity index (χ1v) is 14.6. The van der Waals surface area contributed by atoms with Crippen LogP contribution in [-0.4, -0.2) is 36.7 Å². The summed E-state index contributed by atoms with van der Waals surface area (Å²) in [6.45, 7) is 6.07. The van der Waals surface area contributed by atoms with E-state index >= 15 is 0 Å². The van der Waals surface area contributed by atoms with E-state index < -0.39 is 10.0 Å². The van der Waals surface area contributed by atoms with Crippen molar-refractivity contribution in [1.29, 1.82) is 0 Å². The maximum absolute atomic E-state index is 13.2. The Labute approximate surface area is 202 Å². The SMILES string of the molecule is Cc1ccc(-c2sc(N[C@H](C)C3CCCCC3)nc2C)cc1S(=O)(=O)NC1CCC(O)CC1. The van der Waals surface area contributed by atoms with Crippen LogP contribution in [0.3, 0.4) is 0 Å². The van der Waals surface area contributed by atoms with Crippen molar-refractivity contribution in [3.8, 4) is 10.4 Å². The lowest BCUT2D eigenvalue weighted by molar-refractivity contribution is 0.120. The van der Waals surface area contributed by atoms with Crippen LogP contribution in [0.25, 0.3) is 10.4 Å². The number of aryl methyl sites for hydroxylation is 2. The standard InChI is InChI=1S/C25H37N3O3S2/c1-16-9-10-20(15-23(16)33(30,31)28-21-11-13-22(29)14-12-21)24-18(3)27-25(32-24)26-17(2)19-7-5-4-6-8-19/h9-10,15,17,19,21-22,28-29H,4-8,11-14H2,1-3H3,(H,26,27)/t17-,21?,22?/m1/s1. The Balaban J connectivity index is 1.52. The summed E-state index contributed by atoms with van der Waals surface area (Å²) >= 11 is 1.60. The van der Waals surface area contributed by atoms with Gasteiger partial charge in [0.05, 0.1) is 21.6 Å². The van der Waals surface area contributed by atoms with Gasteiger partial charge >= 0.3 is 0 Å². The molecule has 3 N–H and O–H groups in total. The molecule has 2 fully saturated rings. The van der Waals surface area contributed by atoms with Crippen molar-refractivity contribution in [3.63, 3.8) is 0 Å². The van der Waals surface area contributed by atoms with Gasteiger partial charge in [-0.1, -0.05) is 42.7 Å². The van der Waals surface area contributed by atoms with Gasteiger partial charge in [0.25, 0.3) is 0 Å². The van der Waals surface area contributed by atoms with Gasteiger partial charge in [-0.25, -0.2) is 18.1 Å². The molecule has 2 aliphatic carbocycles. The molecule has 2 aliphatic rings. The van der Waals surface area contributed by atoms with Crippen molar-refractivity contribution < 1.29 is 13.5 Å². The first kappa shape index (κ1) is 24.6. The van der Waals surface area contributed by atoms with Gasteiger partial charge < -0.3 is 10.4 Å². The average Bonchev–Trinajstić information content (AvgIpc) is 3.16. The van der Waals surface area contributed by atoms with Crippen LogP contribution in [0, 0.1) is 19.8 Å². The third kappa shape index (κ3) is 5.96. The molecule has 0 saturated heterocycles. The van der Waals surface area contributed by atoms with E-state index in [4.69, 9.17) is 4.98 Å². The maximum Gasteiger partial charge on any atom is 0.241 e. The lowest BCUT2D eigenvalue weighted by Crippen LogP contribution is -2.38. The molecule has 1 aromatic carbocycles. The molecule has 6 nitrogen and oxygen atoms in total. The van der Waals surface area contributed by atoms with Crippen molar-refractivity contribution in [2.45, 2.75) is 102 Å². The zero-order chi connectivity index (χ0) is 23.6. The Bertz CT molecular complexity index is 1050. The minimum atomic E-state index is -3.64. The smallest absolute Gasteiger partial charge is 0.241 e. The van der Waals surface area contributed by atoms with E-state index in [-0.39, 0.29) is 12.1 Å². The van der Waals surface area contributed by atoms with E-state index in [9.17, 15) is 13.5 Å². The van der Waals surface area contributed by atoms with Crippen LogP contribution >= 0.6 is 11.3 Å². The molecule has 1 aromatic heterocycles. The Morgan fingerprint density at radius 3 is 2.45 bits per heavy atom. The van der Waals surface area contributed by atoms with Crippen molar-refractivity contribution >= 4 is 26.5 Å². The van der Waals surface area contributed by atoms with Gasteiger partial charge in [-0.05, 0) is 82.4 Å². The second kappa shape index (κ2) is 10.4. The van der Waals surface area contributed by atoms with E-state index in [0.29, 0.717) is 42.5 Å². The van der Waals surface area contributed by atoms with Gasteiger partial charge in [0.2, 0.25) is 10.0 Å². The van der Waals surface area contributed by atoms with Gasteiger partial charge in [0.15, 0.2) is 5.13 Å². The number of anilines is 1. The van der Waals surface area contributed by atoms with Gasteiger partial charge in [-0.15, -0.1) is 0 Å². The number of hydrogen-bond donors (Lipinski definition) is 3. The summed E-state index contributed by atoms with van der Waals surface area (Å²) in [6.07, 6.45) is 8.83. The van der Waals surface area contributed by atoms with Crippen molar-refractivity contribution in [2.75, 3.05) is 5.32 Å². The first-order chi connectivity index (χ1) is 15.7. The third-order valence-electron chi connectivity index (χ3n) is 7.26. The van der Waals surface area contributed by atoms with E-state index in [1.807, 2.05) is 26.0 Å². The Morgan fingerprint density at radius 2 is 1.76 bits per heavy atom. The predicted molar refractivity (Wildman–Crippen MR) is 135 cm³/mol. The number of thiazole rings is 1. The molecule has 0 spiro atoms. The highest BCUT2D eigenvalue weighted by atomic mass is 32.2. The highest BCUT2D eigenvalue weighted by molar-refractivity contribution is 7.89. The zero-order valence-electron chi connectivity index (χ0n) is 19.9. The van der Waals surface area contributed by atoms with Crippen LogP contribution in [0.5, 0.6) is 0 Å². The maximum atomic E-state index is 13.2. The lowest BCUT2D eigenvalue weighted by atomic mass is 9.85. The molecule has 2 aromatic rings. The summed E-state index contributed by atoms with van der Waals surface area (Å²) in [7, 11) is -3.64. The zero-order valence-corrected chi connectivity index (χ0v) is 21.6. The number of aromatic nitrogens is 1. The molecule has 0 bridgehead atoms. The fourth-order valence-electron chi connectivity index (χ4n) is 5.18. The molecule has 33 heavy (non-hydrogen) atoms. The number of aliphatic hydroxyl groups is 1. The molecule has 8 heteroatoms. The van der Waals surface area contributed by atoms with Gasteiger partial charge in [0, 0.05) is 12.1 Å². The van der Waals surface area contributed by atoms with Gasteiger partial charge in [0.1, 0.15) is 0 Å². The van der Waals surface area contributed by atoms with E-state index in [1.165, 1.54) is 32.1 Å². The second-order valence-corrected chi connectivity index (χ2v) is 12.6. The molecule has 0 amide bonds. The number of nitrogens with zero attached hydrogens (tertiary/aromatic N) is 1. The topological polar surface area (TPSA) is 91.3 Å². The molecule has 0 unspecified atom stereocenters. The molecular weight excluding hydrogens is 454 g/mol. The highest BCUT2D eigenvalue weighted by Crippen LogP contribution is 2.36. The molecule has 1 heterocycles. The molecule has 0 radical (unpaired) electrons. The van der Waals surface area contributed by atoms with Gasteiger partial charge in [-0.3, -0.25) is 0 Å². The fourth-order valence-corrected chi connectivity index (χ4v) is 7.81. The molecule has 1 atom stereocenters. The Kier molecular flexibility index (Phi) is 7.78. The van der Waals surface area contributed by atoms with E-state index in [0.717, 1.165) is 26.8 Å². The Morgan fingerprint density at radius 1 is 1.06 bits per heavy atom. The van der Waals surface area contributed by atoms with Crippen LogP contribution < -0.4 is 10.0 Å². The molecule has 4 rings (SSSR count). The number of aliphatic hydroxyl groups excluding tert-OH is 1. The van der Waals surface area contributed by atoms with Crippen LogP contribution in [0.1, 0.15) is 76.0 Å². The van der Waals surface area contributed by atoms with Crippen LogP contribution in [0.4, 0.5) is 5.13 Å². The number of sulfonamides is 1. The molecule has 2 saturated carbocycles. The number of rotatable bonds is 7. The summed E-state index contributed by atoms with van der Waals surface area (Å²) in [5.74, 6) is 0.689. The Hall–Kier alpha value is -1.48. The summed E-state index contributed by atoms with van der Waals surface area (Å²) in [4.78, 5) is 6.08. The highest BCUT2D eigenvalue weighted by Gasteiger charge is 2.27. The monoisotopic (exact) mass is 491 g/mol. The third-order valence-corrected chi connectivity index (χ3v) is 10.1. The van der Waals surface area contributed by atoms with Crippen LogP contribution in [-0.2, 0) is 10.0 Å². The molecule has 182 valence electrons.